The summed E-state index contributed by atoms with van der Waals surface area (Å²) in [6.45, 7) is 0.779. The molecule has 4 nitrogen and oxygen atoms in total. The summed E-state index contributed by atoms with van der Waals surface area (Å²) >= 11 is 0. The molecule has 2 aliphatic carbocycles. The Morgan fingerprint density at radius 1 is 1.30 bits per heavy atom. The number of hydrogen-bond acceptors (Lipinski definition) is 3. The molecular weight excluding hydrogens is 290 g/mol. The van der Waals surface area contributed by atoms with Gasteiger partial charge in [0, 0.05) is 18.4 Å². The Hall–Kier alpha value is -1.55. The van der Waals surface area contributed by atoms with Gasteiger partial charge in [0.15, 0.2) is 0 Å². The van der Waals surface area contributed by atoms with Crippen LogP contribution >= 0.6 is 0 Å². The molecule has 1 aromatic carbocycles. The molecular formula is C19H27NO3. The van der Waals surface area contributed by atoms with Crippen molar-refractivity contribution >= 4 is 5.91 Å². The van der Waals surface area contributed by atoms with Gasteiger partial charge in [-0.2, -0.15) is 0 Å². The molecule has 0 saturated heterocycles. The second kappa shape index (κ2) is 7.35. The third-order valence-electron chi connectivity index (χ3n) is 5.10. The lowest BCUT2D eigenvalue weighted by molar-refractivity contribution is -0.121. The van der Waals surface area contributed by atoms with E-state index in [2.05, 4.69) is 11.4 Å². The molecule has 2 N–H and O–H groups in total. The summed E-state index contributed by atoms with van der Waals surface area (Å²) in [7, 11) is 0. The lowest BCUT2D eigenvalue weighted by atomic mass is 10.1. The summed E-state index contributed by atoms with van der Waals surface area (Å²) in [4.78, 5) is 11.9. The van der Waals surface area contributed by atoms with Gasteiger partial charge in [0.25, 0.3) is 0 Å². The van der Waals surface area contributed by atoms with E-state index in [9.17, 15) is 9.90 Å². The molecule has 3 rings (SSSR count). The van der Waals surface area contributed by atoms with Crippen molar-refractivity contribution < 1.29 is 14.6 Å². The second-order valence-corrected chi connectivity index (χ2v) is 7.11. The van der Waals surface area contributed by atoms with E-state index in [-0.39, 0.29) is 17.9 Å². The van der Waals surface area contributed by atoms with Gasteiger partial charge in [-0.3, -0.25) is 4.79 Å². The number of nitrogens with one attached hydrogen (secondary N) is 1. The van der Waals surface area contributed by atoms with E-state index in [4.69, 9.17) is 4.74 Å². The van der Waals surface area contributed by atoms with Crippen LogP contribution in [0.1, 0.15) is 50.5 Å². The number of rotatable bonds is 8. The molecule has 0 atom stereocenters. The summed E-state index contributed by atoms with van der Waals surface area (Å²) in [5.41, 5.74) is 1.11. The molecule has 0 radical (unpaired) electrons. The molecule has 0 aliphatic heterocycles. The van der Waals surface area contributed by atoms with Crippen LogP contribution in [0.5, 0.6) is 5.75 Å². The Bertz CT molecular complexity index is 533. The molecule has 1 amide bonds. The number of aryl methyl sites for hydroxylation is 1. The first kappa shape index (κ1) is 16.3. The highest BCUT2D eigenvalue weighted by Crippen LogP contribution is 2.44. The van der Waals surface area contributed by atoms with Crippen molar-refractivity contribution in [3.05, 3.63) is 29.8 Å². The quantitative estimate of drug-likeness (QED) is 0.775. The van der Waals surface area contributed by atoms with Crippen LogP contribution in [0, 0.1) is 5.41 Å². The Balaban J connectivity index is 1.43. The number of carbonyl (C=O) groups excluding carboxylic acids is 1. The summed E-state index contributed by atoms with van der Waals surface area (Å²) in [5.74, 6) is 0.985. The number of aliphatic hydroxyl groups is 1. The van der Waals surface area contributed by atoms with Gasteiger partial charge in [-0.1, -0.05) is 12.1 Å². The molecule has 0 unspecified atom stereocenters. The van der Waals surface area contributed by atoms with Gasteiger partial charge >= 0.3 is 0 Å². The molecule has 2 saturated carbocycles. The van der Waals surface area contributed by atoms with Crippen LogP contribution in [-0.2, 0) is 11.2 Å². The number of benzene rings is 1. The van der Waals surface area contributed by atoms with Crippen LogP contribution in [0.4, 0.5) is 0 Å². The van der Waals surface area contributed by atoms with Gasteiger partial charge in [-0.15, -0.1) is 0 Å². The minimum absolute atomic E-state index is 0.0231. The Morgan fingerprint density at radius 3 is 2.78 bits per heavy atom. The highest BCUT2D eigenvalue weighted by atomic mass is 16.5. The van der Waals surface area contributed by atoms with Gasteiger partial charge in [0.2, 0.25) is 5.91 Å². The monoisotopic (exact) mass is 317 g/mol. The van der Waals surface area contributed by atoms with Crippen LogP contribution < -0.4 is 10.1 Å². The first-order chi connectivity index (χ1) is 11.2. The zero-order chi connectivity index (χ0) is 16.1. The van der Waals surface area contributed by atoms with Crippen LogP contribution in [0.25, 0.3) is 0 Å². The van der Waals surface area contributed by atoms with E-state index in [1.807, 2.05) is 18.2 Å². The zero-order valence-electron chi connectivity index (χ0n) is 13.7. The van der Waals surface area contributed by atoms with E-state index in [1.54, 1.807) is 0 Å². The molecule has 23 heavy (non-hydrogen) atoms. The lowest BCUT2D eigenvalue weighted by Gasteiger charge is -2.14. The Labute approximate surface area is 138 Å². The first-order valence-corrected chi connectivity index (χ1v) is 8.82. The standard InChI is InChI=1S/C19H27NO3/c21-14-19(10-11-19)13-20-18(22)9-8-15-4-3-7-17(12-15)23-16-5-1-2-6-16/h3-4,7,12,16,21H,1-2,5-6,8-11,13-14H2,(H,20,22). The summed E-state index contributed by atoms with van der Waals surface area (Å²) in [5, 5.41) is 12.2. The third kappa shape index (κ3) is 4.71. The smallest absolute Gasteiger partial charge is 0.220 e. The SMILES string of the molecule is O=C(CCc1cccc(OC2CCCC2)c1)NCC1(CO)CC1. The Morgan fingerprint density at radius 2 is 2.09 bits per heavy atom. The van der Waals surface area contributed by atoms with Crippen molar-refractivity contribution in [3.63, 3.8) is 0 Å². The molecule has 126 valence electrons. The molecule has 2 fully saturated rings. The van der Waals surface area contributed by atoms with Crippen molar-refractivity contribution in [1.29, 1.82) is 0 Å². The topological polar surface area (TPSA) is 58.6 Å². The van der Waals surface area contributed by atoms with Gasteiger partial charge in [0.1, 0.15) is 5.75 Å². The van der Waals surface area contributed by atoms with E-state index < -0.39 is 0 Å². The van der Waals surface area contributed by atoms with E-state index >= 15 is 0 Å². The second-order valence-electron chi connectivity index (χ2n) is 7.11. The molecule has 0 bridgehead atoms. The van der Waals surface area contributed by atoms with Crippen molar-refractivity contribution in [2.24, 2.45) is 5.41 Å². The van der Waals surface area contributed by atoms with Crippen LogP contribution in [0.3, 0.4) is 0 Å². The fraction of sp³-hybridized carbons (Fsp3) is 0.632. The van der Waals surface area contributed by atoms with Crippen LogP contribution in [0.15, 0.2) is 24.3 Å². The number of ether oxygens (including phenoxy) is 1. The maximum atomic E-state index is 11.9. The average molecular weight is 317 g/mol. The summed E-state index contributed by atoms with van der Waals surface area (Å²) < 4.78 is 6.01. The first-order valence-electron chi connectivity index (χ1n) is 8.82. The number of aliphatic hydroxyl groups excluding tert-OH is 1. The zero-order valence-corrected chi connectivity index (χ0v) is 13.7. The minimum Gasteiger partial charge on any atom is -0.490 e. The lowest BCUT2D eigenvalue weighted by Crippen LogP contribution is -2.31. The molecule has 0 heterocycles. The fourth-order valence-corrected chi connectivity index (χ4v) is 3.17. The van der Waals surface area contributed by atoms with Crippen molar-refractivity contribution in [1.82, 2.24) is 5.32 Å². The molecule has 2 aliphatic rings. The van der Waals surface area contributed by atoms with E-state index in [1.165, 1.54) is 12.8 Å². The van der Waals surface area contributed by atoms with Gasteiger partial charge in [-0.05, 0) is 62.6 Å². The highest BCUT2D eigenvalue weighted by Gasteiger charge is 2.41. The normalized spacial score (nSPS) is 19.5. The van der Waals surface area contributed by atoms with Crippen LogP contribution in [-0.4, -0.2) is 30.3 Å². The predicted octanol–water partition coefficient (Wildman–Crippen LogP) is 2.83. The van der Waals surface area contributed by atoms with E-state index in [0.29, 0.717) is 19.1 Å². The van der Waals surface area contributed by atoms with Crippen molar-refractivity contribution in [2.45, 2.75) is 57.5 Å². The van der Waals surface area contributed by atoms with Crippen molar-refractivity contribution in [2.75, 3.05) is 13.2 Å². The minimum atomic E-state index is -0.0231. The van der Waals surface area contributed by atoms with Crippen molar-refractivity contribution in [3.8, 4) is 5.75 Å². The summed E-state index contributed by atoms with van der Waals surface area (Å²) in [6.07, 6.45) is 8.43. The number of amides is 1. The molecule has 0 spiro atoms. The van der Waals surface area contributed by atoms with Gasteiger partial charge in [-0.25, -0.2) is 0 Å². The largest absolute Gasteiger partial charge is 0.490 e. The average Bonchev–Trinajstić information content (AvgIpc) is 3.19. The maximum absolute atomic E-state index is 11.9. The maximum Gasteiger partial charge on any atom is 0.220 e. The Kier molecular flexibility index (Phi) is 5.21. The molecule has 1 aromatic rings. The van der Waals surface area contributed by atoms with E-state index in [0.717, 1.165) is 43.4 Å². The van der Waals surface area contributed by atoms with Gasteiger partial charge < -0.3 is 15.2 Å². The number of hydrogen-bond donors (Lipinski definition) is 2. The third-order valence-corrected chi connectivity index (χ3v) is 5.10. The predicted molar refractivity (Wildman–Crippen MR) is 89.4 cm³/mol. The fourth-order valence-electron chi connectivity index (χ4n) is 3.17. The molecule has 4 heteroatoms. The number of carbonyl (C=O) groups is 1. The van der Waals surface area contributed by atoms with Gasteiger partial charge in [0.05, 0.1) is 12.7 Å². The van der Waals surface area contributed by atoms with Crippen LogP contribution in [0.2, 0.25) is 0 Å². The highest BCUT2D eigenvalue weighted by molar-refractivity contribution is 5.76. The summed E-state index contributed by atoms with van der Waals surface area (Å²) in [6, 6.07) is 8.11. The molecule has 0 aromatic heterocycles.